The second kappa shape index (κ2) is 10.4. The molecular weight excluding hydrogens is 370 g/mol. The van der Waals surface area contributed by atoms with Crippen molar-refractivity contribution in [2.75, 3.05) is 25.7 Å². The average Bonchev–Trinajstić information content (AvgIpc) is 2.72. The number of rotatable bonds is 8. The number of nitriles is 2. The third-order valence-corrected chi connectivity index (χ3v) is 4.09. The van der Waals surface area contributed by atoms with E-state index in [1.54, 1.807) is 0 Å². The maximum Gasteiger partial charge on any atom is 0.333 e. The van der Waals surface area contributed by atoms with Gasteiger partial charge in [-0.3, -0.25) is 10.9 Å². The molecule has 2 aromatic rings. The monoisotopic (exact) mass is 393 g/mol. The molecule has 0 aliphatic rings. The second-order valence-electron chi connectivity index (χ2n) is 6.30. The maximum atomic E-state index is 11.9. The second-order valence-corrected chi connectivity index (χ2v) is 6.30. The summed E-state index contributed by atoms with van der Waals surface area (Å²) in [6.07, 6.45) is 0.638. The molecule has 3 N–H and O–H groups in total. The fraction of sp³-hybridized carbons (Fsp3) is 0.286. The number of hydrogen-bond acceptors (Lipinski definition) is 6. The molecule has 2 amide bonds. The first-order valence-electron chi connectivity index (χ1n) is 9.00. The molecule has 29 heavy (non-hydrogen) atoms. The average molecular weight is 393 g/mol. The van der Waals surface area contributed by atoms with Crippen LogP contribution < -0.4 is 25.6 Å². The van der Waals surface area contributed by atoms with Gasteiger partial charge in [-0.15, -0.1) is 0 Å². The molecule has 8 heteroatoms. The lowest BCUT2D eigenvalue weighted by atomic mass is 10.1. The van der Waals surface area contributed by atoms with Gasteiger partial charge in [0, 0.05) is 12.6 Å². The zero-order valence-electron chi connectivity index (χ0n) is 16.6. The smallest absolute Gasteiger partial charge is 0.333 e. The van der Waals surface area contributed by atoms with Gasteiger partial charge >= 0.3 is 6.03 Å². The van der Waals surface area contributed by atoms with Crippen molar-refractivity contribution < 1.29 is 14.3 Å². The van der Waals surface area contributed by atoms with Gasteiger partial charge in [0.15, 0.2) is 0 Å². The topological polar surface area (TPSA) is 119 Å². The summed E-state index contributed by atoms with van der Waals surface area (Å²) in [5.74, 6) is 1.17. The van der Waals surface area contributed by atoms with E-state index < -0.39 is 6.03 Å². The summed E-state index contributed by atoms with van der Waals surface area (Å²) in [6.45, 7) is 4.93. The molecule has 0 aliphatic carbocycles. The Hall–Kier alpha value is -3.91. The lowest BCUT2D eigenvalue weighted by Gasteiger charge is -2.14. The molecule has 0 saturated heterocycles. The fourth-order valence-electron chi connectivity index (χ4n) is 2.62. The van der Waals surface area contributed by atoms with Crippen LogP contribution in [-0.2, 0) is 0 Å². The highest BCUT2D eigenvalue weighted by Crippen LogP contribution is 2.27. The van der Waals surface area contributed by atoms with Crippen molar-refractivity contribution in [3.05, 3.63) is 52.6 Å². The van der Waals surface area contributed by atoms with E-state index in [1.807, 2.05) is 38.1 Å². The minimum Gasteiger partial charge on any atom is -0.494 e. The molecule has 0 radical (unpaired) electrons. The standard InChI is InChI=1S/C21H23N5O3/c1-14-5-6-19(15(2)9-14)29-8-4-7-24-21(27)26-25-18-10-16(12-22)17(13-23)11-20(18)28-3/h5-6,9-11,25H,4,7-8H2,1-3H3,(H2,24,26,27). The number of nitrogens with one attached hydrogen (secondary N) is 3. The van der Waals surface area contributed by atoms with Gasteiger partial charge < -0.3 is 14.8 Å². The first-order chi connectivity index (χ1) is 14.0. The molecule has 0 heterocycles. The van der Waals surface area contributed by atoms with Gasteiger partial charge in [0.25, 0.3) is 0 Å². The Morgan fingerprint density at radius 3 is 2.45 bits per heavy atom. The molecule has 8 nitrogen and oxygen atoms in total. The van der Waals surface area contributed by atoms with E-state index in [9.17, 15) is 4.79 Å². The number of aryl methyl sites for hydroxylation is 2. The van der Waals surface area contributed by atoms with Crippen molar-refractivity contribution in [3.8, 4) is 23.6 Å². The van der Waals surface area contributed by atoms with Crippen LogP contribution in [0.5, 0.6) is 11.5 Å². The molecular formula is C21H23N5O3. The first kappa shape index (κ1) is 21.4. The number of nitrogens with zero attached hydrogens (tertiary/aromatic N) is 2. The normalized spacial score (nSPS) is 9.69. The number of urea groups is 1. The molecule has 0 fully saturated rings. The minimum absolute atomic E-state index is 0.182. The molecule has 0 saturated carbocycles. The van der Waals surface area contributed by atoms with Gasteiger partial charge in [-0.05, 0) is 38.0 Å². The number of anilines is 1. The zero-order valence-corrected chi connectivity index (χ0v) is 16.6. The molecule has 0 unspecified atom stereocenters. The maximum absolute atomic E-state index is 11.9. The summed E-state index contributed by atoms with van der Waals surface area (Å²) < 4.78 is 10.9. The Morgan fingerprint density at radius 2 is 1.79 bits per heavy atom. The Morgan fingerprint density at radius 1 is 1.07 bits per heavy atom. The third-order valence-electron chi connectivity index (χ3n) is 4.09. The van der Waals surface area contributed by atoms with E-state index in [0.717, 1.165) is 11.3 Å². The number of carbonyl (C=O) groups is 1. The zero-order chi connectivity index (χ0) is 21.2. The van der Waals surface area contributed by atoms with Crippen LogP contribution in [-0.4, -0.2) is 26.3 Å². The highest BCUT2D eigenvalue weighted by Gasteiger charge is 2.11. The molecule has 150 valence electrons. The number of amides is 2. The van der Waals surface area contributed by atoms with E-state index in [1.165, 1.54) is 24.8 Å². The summed E-state index contributed by atoms with van der Waals surface area (Å²) in [5.41, 5.74) is 8.17. The lowest BCUT2D eigenvalue weighted by Crippen LogP contribution is -2.39. The van der Waals surface area contributed by atoms with Crippen LogP contribution in [0.25, 0.3) is 0 Å². The van der Waals surface area contributed by atoms with Gasteiger partial charge in [-0.25, -0.2) is 4.79 Å². The lowest BCUT2D eigenvalue weighted by molar-refractivity contribution is 0.241. The van der Waals surface area contributed by atoms with Crippen LogP contribution in [0.3, 0.4) is 0 Å². The summed E-state index contributed by atoms with van der Waals surface area (Å²) in [6, 6.07) is 12.3. The highest BCUT2D eigenvalue weighted by atomic mass is 16.5. The van der Waals surface area contributed by atoms with E-state index in [0.29, 0.717) is 31.0 Å². The third kappa shape index (κ3) is 6.05. The van der Waals surface area contributed by atoms with E-state index >= 15 is 0 Å². The van der Waals surface area contributed by atoms with Crippen LogP contribution in [0, 0.1) is 36.5 Å². The number of methoxy groups -OCH3 is 1. The van der Waals surface area contributed by atoms with Crippen LogP contribution in [0.2, 0.25) is 0 Å². The fourth-order valence-corrected chi connectivity index (χ4v) is 2.62. The predicted molar refractivity (Wildman–Crippen MR) is 109 cm³/mol. The Bertz CT molecular complexity index is 960. The van der Waals surface area contributed by atoms with Crippen molar-refractivity contribution in [2.24, 2.45) is 0 Å². The van der Waals surface area contributed by atoms with Gasteiger partial charge in [-0.1, -0.05) is 17.7 Å². The highest BCUT2D eigenvalue weighted by molar-refractivity contribution is 5.76. The van der Waals surface area contributed by atoms with Crippen molar-refractivity contribution in [2.45, 2.75) is 20.3 Å². The van der Waals surface area contributed by atoms with Gasteiger partial charge in [0.1, 0.15) is 23.6 Å². The molecule has 0 spiro atoms. The Kier molecular flexibility index (Phi) is 7.69. The quantitative estimate of drug-likeness (QED) is 0.468. The predicted octanol–water partition coefficient (Wildman–Crippen LogP) is 3.15. The Labute approximate surface area is 170 Å². The molecule has 0 aliphatic heterocycles. The van der Waals surface area contributed by atoms with Crippen LogP contribution in [0.15, 0.2) is 30.3 Å². The SMILES string of the molecule is COc1cc(C#N)c(C#N)cc1NNC(=O)NCCCOc1ccc(C)cc1C. The van der Waals surface area contributed by atoms with Crippen LogP contribution in [0.1, 0.15) is 28.7 Å². The number of hydrogen-bond donors (Lipinski definition) is 3. The van der Waals surface area contributed by atoms with E-state index in [-0.39, 0.29) is 11.1 Å². The van der Waals surface area contributed by atoms with Crippen molar-refractivity contribution in [1.29, 1.82) is 10.5 Å². The summed E-state index contributed by atoms with van der Waals surface area (Å²) in [5, 5.41) is 20.9. The molecule has 2 rings (SSSR count). The largest absolute Gasteiger partial charge is 0.494 e. The number of benzene rings is 2. The summed E-state index contributed by atoms with van der Waals surface area (Å²) >= 11 is 0. The van der Waals surface area contributed by atoms with E-state index in [2.05, 4.69) is 22.2 Å². The number of ether oxygens (including phenoxy) is 2. The minimum atomic E-state index is -0.443. The van der Waals surface area contributed by atoms with Gasteiger partial charge in [0.05, 0.1) is 30.5 Å². The molecule has 2 aromatic carbocycles. The van der Waals surface area contributed by atoms with Crippen LogP contribution in [0.4, 0.5) is 10.5 Å². The van der Waals surface area contributed by atoms with Gasteiger partial charge in [0.2, 0.25) is 0 Å². The number of carbonyl (C=O) groups excluding carboxylic acids is 1. The number of hydrazine groups is 1. The summed E-state index contributed by atoms with van der Waals surface area (Å²) in [7, 11) is 1.43. The van der Waals surface area contributed by atoms with Crippen molar-refractivity contribution in [1.82, 2.24) is 10.7 Å². The van der Waals surface area contributed by atoms with Gasteiger partial charge in [-0.2, -0.15) is 10.5 Å². The molecule has 0 atom stereocenters. The van der Waals surface area contributed by atoms with E-state index in [4.69, 9.17) is 20.0 Å². The van der Waals surface area contributed by atoms with Crippen molar-refractivity contribution >= 4 is 11.7 Å². The van der Waals surface area contributed by atoms with Crippen molar-refractivity contribution in [3.63, 3.8) is 0 Å². The molecule has 0 aromatic heterocycles. The van der Waals surface area contributed by atoms with Crippen LogP contribution >= 0.6 is 0 Å². The Balaban J connectivity index is 1.77. The molecule has 0 bridgehead atoms. The summed E-state index contributed by atoms with van der Waals surface area (Å²) in [4.78, 5) is 11.9. The first-order valence-corrected chi connectivity index (χ1v) is 9.00.